The van der Waals surface area contributed by atoms with Gasteiger partial charge in [-0.1, -0.05) is 32.9 Å². The van der Waals surface area contributed by atoms with E-state index in [1.165, 1.54) is 5.56 Å². The van der Waals surface area contributed by atoms with Crippen molar-refractivity contribution in [3.8, 4) is 0 Å². The van der Waals surface area contributed by atoms with Crippen LogP contribution in [0.4, 0.5) is 10.5 Å². The van der Waals surface area contributed by atoms with Gasteiger partial charge in [-0.15, -0.1) is 0 Å². The number of anilines is 1. The first-order valence-corrected chi connectivity index (χ1v) is 8.73. The Labute approximate surface area is 145 Å². The van der Waals surface area contributed by atoms with Gasteiger partial charge in [-0.25, -0.2) is 4.79 Å². The van der Waals surface area contributed by atoms with Gasteiger partial charge < -0.3 is 10.4 Å². The van der Waals surface area contributed by atoms with Crippen molar-refractivity contribution in [2.24, 2.45) is 5.41 Å². The normalized spacial score (nSPS) is 22.5. The summed E-state index contributed by atoms with van der Waals surface area (Å²) in [6.07, 6.45) is -0.818. The van der Waals surface area contributed by atoms with E-state index in [1.807, 2.05) is 0 Å². The SMILES string of the molecule is CCNc1ccc(CN2CCN(C(=O)O)[C@@](C)(C(C)(C)C)C2)cc1. The molecule has 0 unspecified atom stereocenters. The molecule has 0 aliphatic carbocycles. The maximum absolute atomic E-state index is 11.7. The Morgan fingerprint density at radius 1 is 1.25 bits per heavy atom. The van der Waals surface area contributed by atoms with Crippen LogP contribution in [0.2, 0.25) is 0 Å². The molecule has 2 N–H and O–H groups in total. The van der Waals surface area contributed by atoms with Gasteiger partial charge >= 0.3 is 6.09 Å². The second-order valence-corrected chi connectivity index (χ2v) is 7.90. The zero-order chi connectivity index (χ0) is 18.0. The van der Waals surface area contributed by atoms with Gasteiger partial charge in [0.15, 0.2) is 0 Å². The molecule has 1 amide bonds. The fourth-order valence-corrected chi connectivity index (χ4v) is 3.36. The minimum atomic E-state index is -0.818. The maximum Gasteiger partial charge on any atom is 0.407 e. The monoisotopic (exact) mass is 333 g/mol. The Hall–Kier alpha value is -1.75. The number of carboxylic acid groups (broad SMARTS) is 1. The van der Waals surface area contributed by atoms with Crippen LogP contribution in [-0.2, 0) is 6.54 Å². The molecule has 0 aromatic heterocycles. The second kappa shape index (κ2) is 7.01. The number of nitrogens with zero attached hydrogens (tertiary/aromatic N) is 2. The average Bonchev–Trinajstić information content (AvgIpc) is 2.48. The summed E-state index contributed by atoms with van der Waals surface area (Å²) in [7, 11) is 0. The first kappa shape index (κ1) is 18.6. The van der Waals surface area contributed by atoms with Crippen molar-refractivity contribution >= 4 is 11.8 Å². The van der Waals surface area contributed by atoms with Gasteiger partial charge in [-0.3, -0.25) is 9.80 Å². The van der Waals surface area contributed by atoms with E-state index in [-0.39, 0.29) is 5.41 Å². The molecule has 0 bridgehead atoms. The van der Waals surface area contributed by atoms with Crippen LogP contribution in [0.25, 0.3) is 0 Å². The lowest BCUT2D eigenvalue weighted by molar-refractivity contribution is -0.0461. The van der Waals surface area contributed by atoms with Crippen LogP contribution in [-0.4, -0.2) is 52.7 Å². The quantitative estimate of drug-likeness (QED) is 0.882. The fraction of sp³-hybridized carbons (Fsp3) is 0.632. The molecule has 1 atom stereocenters. The lowest BCUT2D eigenvalue weighted by atomic mass is 9.72. The van der Waals surface area contributed by atoms with Crippen molar-refractivity contribution < 1.29 is 9.90 Å². The van der Waals surface area contributed by atoms with E-state index in [9.17, 15) is 9.90 Å². The van der Waals surface area contributed by atoms with E-state index in [1.54, 1.807) is 4.90 Å². The summed E-state index contributed by atoms with van der Waals surface area (Å²) in [4.78, 5) is 15.7. The lowest BCUT2D eigenvalue weighted by Gasteiger charge is -2.54. The minimum Gasteiger partial charge on any atom is -0.465 e. The van der Waals surface area contributed by atoms with Crippen molar-refractivity contribution in [3.63, 3.8) is 0 Å². The van der Waals surface area contributed by atoms with Crippen molar-refractivity contribution in [2.45, 2.75) is 46.7 Å². The van der Waals surface area contributed by atoms with Crippen LogP contribution < -0.4 is 5.32 Å². The summed E-state index contributed by atoms with van der Waals surface area (Å²) >= 11 is 0. The van der Waals surface area contributed by atoms with E-state index in [4.69, 9.17) is 0 Å². The van der Waals surface area contributed by atoms with Gasteiger partial charge in [0.2, 0.25) is 0 Å². The molecule has 1 aliphatic heterocycles. The van der Waals surface area contributed by atoms with E-state index < -0.39 is 11.6 Å². The molecule has 24 heavy (non-hydrogen) atoms. The Morgan fingerprint density at radius 3 is 2.38 bits per heavy atom. The zero-order valence-corrected chi connectivity index (χ0v) is 15.6. The zero-order valence-electron chi connectivity index (χ0n) is 15.6. The topological polar surface area (TPSA) is 55.8 Å². The number of hydrogen-bond donors (Lipinski definition) is 2. The van der Waals surface area contributed by atoms with Crippen LogP contribution in [0.5, 0.6) is 0 Å². The first-order valence-electron chi connectivity index (χ1n) is 8.73. The van der Waals surface area contributed by atoms with E-state index in [0.29, 0.717) is 6.54 Å². The second-order valence-electron chi connectivity index (χ2n) is 7.90. The number of amides is 1. The van der Waals surface area contributed by atoms with E-state index in [2.05, 4.69) is 69.1 Å². The number of benzene rings is 1. The smallest absolute Gasteiger partial charge is 0.407 e. The van der Waals surface area contributed by atoms with Crippen LogP contribution in [0.3, 0.4) is 0 Å². The lowest BCUT2D eigenvalue weighted by Crippen LogP contribution is -2.67. The van der Waals surface area contributed by atoms with Gasteiger partial charge in [-0.05, 0) is 37.0 Å². The Bertz CT molecular complexity index is 565. The third kappa shape index (κ3) is 3.83. The van der Waals surface area contributed by atoms with Crippen LogP contribution >= 0.6 is 0 Å². The number of piperazine rings is 1. The van der Waals surface area contributed by atoms with Gasteiger partial charge in [0.1, 0.15) is 0 Å². The molecule has 1 aromatic carbocycles. The molecule has 5 nitrogen and oxygen atoms in total. The molecular weight excluding hydrogens is 302 g/mol. The summed E-state index contributed by atoms with van der Waals surface area (Å²) in [6.45, 7) is 14.4. The number of hydrogen-bond acceptors (Lipinski definition) is 3. The average molecular weight is 333 g/mol. The number of rotatable bonds is 4. The molecule has 134 valence electrons. The molecule has 0 radical (unpaired) electrons. The predicted octanol–water partition coefficient (Wildman–Crippen LogP) is 3.72. The molecule has 1 fully saturated rings. The van der Waals surface area contributed by atoms with Gasteiger partial charge in [0, 0.05) is 38.4 Å². The number of nitrogens with one attached hydrogen (secondary N) is 1. The summed E-state index contributed by atoms with van der Waals surface area (Å²) in [5, 5.41) is 12.9. The maximum atomic E-state index is 11.7. The van der Waals surface area contributed by atoms with E-state index in [0.717, 1.165) is 31.9 Å². The fourth-order valence-electron chi connectivity index (χ4n) is 3.36. The molecule has 1 aliphatic rings. The minimum absolute atomic E-state index is 0.126. The Balaban J connectivity index is 2.11. The third-order valence-electron chi connectivity index (χ3n) is 5.35. The van der Waals surface area contributed by atoms with Crippen molar-refractivity contribution in [3.05, 3.63) is 29.8 Å². The highest BCUT2D eigenvalue weighted by molar-refractivity contribution is 5.66. The van der Waals surface area contributed by atoms with Gasteiger partial charge in [-0.2, -0.15) is 0 Å². The Morgan fingerprint density at radius 2 is 1.88 bits per heavy atom. The molecule has 1 heterocycles. The highest BCUT2D eigenvalue weighted by Gasteiger charge is 2.48. The van der Waals surface area contributed by atoms with Crippen molar-refractivity contribution in [2.75, 3.05) is 31.5 Å². The Kier molecular flexibility index (Phi) is 5.43. The third-order valence-corrected chi connectivity index (χ3v) is 5.35. The molecule has 5 heteroatoms. The highest BCUT2D eigenvalue weighted by Crippen LogP contribution is 2.38. The molecule has 0 saturated carbocycles. The van der Waals surface area contributed by atoms with Crippen LogP contribution in [0.1, 0.15) is 40.2 Å². The van der Waals surface area contributed by atoms with E-state index >= 15 is 0 Å². The molecule has 1 aromatic rings. The summed E-state index contributed by atoms with van der Waals surface area (Å²) in [5.41, 5.74) is 1.87. The van der Waals surface area contributed by atoms with Crippen LogP contribution in [0.15, 0.2) is 24.3 Å². The molecule has 2 rings (SSSR count). The molecule has 0 spiro atoms. The van der Waals surface area contributed by atoms with Gasteiger partial charge in [0.05, 0.1) is 5.54 Å². The summed E-state index contributed by atoms with van der Waals surface area (Å²) in [5.74, 6) is 0. The van der Waals surface area contributed by atoms with Crippen molar-refractivity contribution in [1.29, 1.82) is 0 Å². The molecule has 1 saturated heterocycles. The van der Waals surface area contributed by atoms with Crippen molar-refractivity contribution in [1.82, 2.24) is 9.80 Å². The summed E-state index contributed by atoms with van der Waals surface area (Å²) in [6, 6.07) is 8.51. The summed E-state index contributed by atoms with van der Waals surface area (Å²) < 4.78 is 0. The first-order chi connectivity index (χ1) is 11.2. The number of carbonyl (C=O) groups is 1. The largest absolute Gasteiger partial charge is 0.465 e. The highest BCUT2D eigenvalue weighted by atomic mass is 16.4. The predicted molar refractivity (Wildman–Crippen MR) is 98.5 cm³/mol. The van der Waals surface area contributed by atoms with Gasteiger partial charge in [0.25, 0.3) is 0 Å². The molecular formula is C19H31N3O2. The standard InChI is InChI=1S/C19H31N3O2/c1-6-20-16-9-7-15(8-10-16)13-21-11-12-22(17(23)24)19(5,14-21)18(2,3)4/h7-10,20H,6,11-14H2,1-5H3,(H,23,24)/t19-/m1/s1. The van der Waals surface area contributed by atoms with Crippen LogP contribution in [0, 0.1) is 5.41 Å².